The molecule has 4 heteroatoms. The van der Waals surface area contributed by atoms with Gasteiger partial charge in [-0.3, -0.25) is 0 Å². The van der Waals surface area contributed by atoms with E-state index in [1.54, 1.807) is 0 Å². The van der Waals surface area contributed by atoms with Gasteiger partial charge in [0.25, 0.3) is 0 Å². The molecule has 76 valence electrons. The van der Waals surface area contributed by atoms with E-state index in [0.29, 0.717) is 10.9 Å². The van der Waals surface area contributed by atoms with Crippen LogP contribution < -0.4 is 0 Å². The number of rotatable bonds is 5. The van der Waals surface area contributed by atoms with Gasteiger partial charge in [-0.25, -0.2) is 0 Å². The fraction of sp³-hybridized carbons (Fsp3) is 0.889. The summed E-state index contributed by atoms with van der Waals surface area (Å²) in [5, 5.41) is 0. The van der Waals surface area contributed by atoms with Crippen molar-refractivity contribution in [1.82, 2.24) is 0 Å². The molecule has 0 N–H and O–H groups in total. The van der Waals surface area contributed by atoms with Crippen molar-refractivity contribution < 1.29 is 9.47 Å². The van der Waals surface area contributed by atoms with E-state index in [1.807, 2.05) is 0 Å². The van der Waals surface area contributed by atoms with Crippen LogP contribution in [0.15, 0.2) is 0 Å². The Kier molecular flexibility index (Phi) is 5.87. The maximum absolute atomic E-state index is 5.54. The Hall–Kier alpha value is 0.300. The van der Waals surface area contributed by atoms with Crippen LogP contribution in [0.2, 0.25) is 0 Å². The summed E-state index contributed by atoms with van der Waals surface area (Å²) in [6.07, 6.45) is 5.04. The van der Waals surface area contributed by atoms with E-state index in [-0.39, 0.29) is 6.29 Å². The van der Waals surface area contributed by atoms with Crippen molar-refractivity contribution in [1.29, 1.82) is 0 Å². The zero-order chi connectivity index (χ0) is 9.52. The topological polar surface area (TPSA) is 18.5 Å². The minimum absolute atomic E-state index is 0.0117. The standard InChI is InChI=1S/C9H15ClO2S/c10-8(13)4-3-7-12-9-5-1-2-6-11-9/h9H,1-7H2. The molecule has 0 aromatic rings. The van der Waals surface area contributed by atoms with E-state index in [1.165, 1.54) is 6.42 Å². The van der Waals surface area contributed by atoms with Gasteiger partial charge in [0.15, 0.2) is 6.29 Å². The Morgan fingerprint density at radius 2 is 2.38 bits per heavy atom. The van der Waals surface area contributed by atoms with Crippen molar-refractivity contribution >= 4 is 28.1 Å². The highest BCUT2D eigenvalue weighted by molar-refractivity contribution is 7.83. The van der Waals surface area contributed by atoms with Gasteiger partial charge >= 0.3 is 0 Å². The highest BCUT2D eigenvalue weighted by atomic mass is 35.5. The first-order valence-electron chi connectivity index (χ1n) is 4.70. The highest BCUT2D eigenvalue weighted by Gasteiger charge is 2.13. The Morgan fingerprint density at radius 1 is 1.54 bits per heavy atom. The molecule has 0 aromatic carbocycles. The first kappa shape index (κ1) is 11.4. The van der Waals surface area contributed by atoms with Crippen molar-refractivity contribution in [3.63, 3.8) is 0 Å². The highest BCUT2D eigenvalue weighted by Crippen LogP contribution is 2.14. The predicted molar refractivity (Wildman–Crippen MR) is 57.2 cm³/mol. The van der Waals surface area contributed by atoms with Gasteiger partial charge in [-0.05, 0) is 32.1 Å². The molecule has 1 fully saturated rings. The number of thiocarbonyl (C=S) groups is 1. The quantitative estimate of drug-likeness (QED) is 0.405. The van der Waals surface area contributed by atoms with Crippen LogP contribution in [0.1, 0.15) is 32.1 Å². The van der Waals surface area contributed by atoms with E-state index in [2.05, 4.69) is 0 Å². The molecule has 1 saturated heterocycles. The molecular weight excluding hydrogens is 208 g/mol. The number of hydrogen-bond acceptors (Lipinski definition) is 3. The van der Waals surface area contributed by atoms with Crippen LogP contribution in [0, 0.1) is 0 Å². The SMILES string of the molecule is S=C(Cl)CCCOC1CCCCO1. The van der Waals surface area contributed by atoms with E-state index < -0.39 is 0 Å². The third-order valence-corrected chi connectivity index (χ3v) is 2.35. The smallest absolute Gasteiger partial charge is 0.157 e. The minimum atomic E-state index is 0.0117. The molecular formula is C9H15ClO2S. The minimum Gasteiger partial charge on any atom is -0.353 e. The summed E-state index contributed by atoms with van der Waals surface area (Å²) in [6, 6.07) is 0. The van der Waals surface area contributed by atoms with Crippen molar-refractivity contribution in [2.45, 2.75) is 38.4 Å². The van der Waals surface area contributed by atoms with Crippen molar-refractivity contribution in [2.24, 2.45) is 0 Å². The second kappa shape index (κ2) is 6.71. The Balaban J connectivity index is 1.95. The molecule has 1 rings (SSSR count). The molecule has 1 heterocycles. The van der Waals surface area contributed by atoms with Crippen LogP contribution in [-0.2, 0) is 9.47 Å². The summed E-state index contributed by atoms with van der Waals surface area (Å²) in [5.74, 6) is 0. The van der Waals surface area contributed by atoms with Gasteiger partial charge in [0, 0.05) is 6.61 Å². The normalized spacial score (nSPS) is 23.0. The van der Waals surface area contributed by atoms with Crippen molar-refractivity contribution in [3.05, 3.63) is 0 Å². The van der Waals surface area contributed by atoms with Gasteiger partial charge in [0.2, 0.25) is 0 Å². The van der Waals surface area contributed by atoms with E-state index in [4.69, 9.17) is 33.3 Å². The Labute approximate surface area is 89.5 Å². The maximum atomic E-state index is 5.54. The lowest BCUT2D eigenvalue weighted by Gasteiger charge is -2.22. The summed E-state index contributed by atoms with van der Waals surface area (Å²) < 4.78 is 11.4. The largest absolute Gasteiger partial charge is 0.353 e. The monoisotopic (exact) mass is 222 g/mol. The zero-order valence-electron chi connectivity index (χ0n) is 7.63. The first-order chi connectivity index (χ1) is 6.29. The van der Waals surface area contributed by atoms with Crippen LogP contribution in [-0.4, -0.2) is 23.8 Å². The average molecular weight is 223 g/mol. The molecule has 0 aromatic heterocycles. The summed E-state index contributed by atoms with van der Waals surface area (Å²) >= 11 is 10.3. The molecule has 0 saturated carbocycles. The summed E-state index contributed by atoms with van der Waals surface area (Å²) in [5.41, 5.74) is 0. The van der Waals surface area contributed by atoms with Gasteiger partial charge in [-0.15, -0.1) is 0 Å². The Morgan fingerprint density at radius 3 is 3.00 bits per heavy atom. The molecule has 1 unspecified atom stereocenters. The van der Waals surface area contributed by atoms with Crippen LogP contribution in [0.25, 0.3) is 0 Å². The fourth-order valence-electron chi connectivity index (χ4n) is 1.27. The van der Waals surface area contributed by atoms with Gasteiger partial charge in [0.05, 0.1) is 10.9 Å². The molecule has 2 nitrogen and oxygen atoms in total. The molecule has 13 heavy (non-hydrogen) atoms. The van der Waals surface area contributed by atoms with E-state index in [9.17, 15) is 0 Å². The van der Waals surface area contributed by atoms with Gasteiger partial charge in [-0.2, -0.15) is 0 Å². The van der Waals surface area contributed by atoms with E-state index >= 15 is 0 Å². The van der Waals surface area contributed by atoms with Crippen LogP contribution in [0.5, 0.6) is 0 Å². The first-order valence-corrected chi connectivity index (χ1v) is 5.49. The lowest BCUT2D eigenvalue weighted by Crippen LogP contribution is -2.22. The van der Waals surface area contributed by atoms with Crippen LogP contribution in [0.3, 0.4) is 0 Å². The number of hydrogen-bond donors (Lipinski definition) is 0. The third kappa shape index (κ3) is 5.57. The molecule has 0 spiro atoms. The average Bonchev–Trinajstić information content (AvgIpc) is 2.14. The fourth-order valence-corrected chi connectivity index (χ4v) is 1.55. The van der Waals surface area contributed by atoms with E-state index in [0.717, 1.165) is 32.3 Å². The lowest BCUT2D eigenvalue weighted by atomic mass is 10.2. The second-order valence-electron chi connectivity index (χ2n) is 3.13. The Bertz CT molecular complexity index is 158. The maximum Gasteiger partial charge on any atom is 0.157 e. The number of halogens is 1. The molecule has 0 bridgehead atoms. The van der Waals surface area contributed by atoms with Crippen LogP contribution >= 0.6 is 23.8 Å². The molecule has 1 aliphatic rings. The van der Waals surface area contributed by atoms with Gasteiger partial charge in [0.1, 0.15) is 0 Å². The number of ether oxygens (including phenoxy) is 2. The third-order valence-electron chi connectivity index (χ3n) is 1.96. The van der Waals surface area contributed by atoms with Gasteiger partial charge in [-0.1, -0.05) is 23.8 Å². The summed E-state index contributed by atoms with van der Waals surface area (Å²) in [6.45, 7) is 1.52. The van der Waals surface area contributed by atoms with Crippen molar-refractivity contribution in [3.8, 4) is 0 Å². The molecule has 1 atom stereocenters. The molecule has 1 aliphatic heterocycles. The van der Waals surface area contributed by atoms with Gasteiger partial charge < -0.3 is 9.47 Å². The lowest BCUT2D eigenvalue weighted by molar-refractivity contribution is -0.162. The molecule has 0 radical (unpaired) electrons. The molecule has 0 amide bonds. The van der Waals surface area contributed by atoms with Crippen molar-refractivity contribution in [2.75, 3.05) is 13.2 Å². The summed E-state index contributed by atoms with van der Waals surface area (Å²) in [7, 11) is 0. The van der Waals surface area contributed by atoms with Crippen LogP contribution in [0.4, 0.5) is 0 Å². The second-order valence-corrected chi connectivity index (χ2v) is 4.30. The summed E-state index contributed by atoms with van der Waals surface area (Å²) in [4.78, 5) is 0. The zero-order valence-corrected chi connectivity index (χ0v) is 9.20. The predicted octanol–water partition coefficient (Wildman–Crippen LogP) is 2.88. The molecule has 0 aliphatic carbocycles.